The fourth-order valence-corrected chi connectivity index (χ4v) is 7.79. The molecule has 9 aromatic rings. The highest BCUT2D eigenvalue weighted by Gasteiger charge is 2.29. The highest BCUT2D eigenvalue weighted by Crippen LogP contribution is 2.40. The summed E-state index contributed by atoms with van der Waals surface area (Å²) in [6.45, 7) is 0. The Morgan fingerprint density at radius 1 is 0.420 bits per heavy atom. The molecule has 1 fully saturated rings. The zero-order valence-corrected chi connectivity index (χ0v) is 27.3. The van der Waals surface area contributed by atoms with Gasteiger partial charge in [-0.05, 0) is 64.2 Å². The first-order valence-electron chi connectivity index (χ1n) is 17.2. The summed E-state index contributed by atoms with van der Waals surface area (Å²) in [5, 5.41) is 16.2. The normalized spacial score (nSPS) is 18.0. The lowest BCUT2D eigenvalue weighted by Gasteiger charge is -2.39. The fourth-order valence-electron chi connectivity index (χ4n) is 7.79. The zero-order chi connectivity index (χ0) is 33.0. The molecule has 1 saturated heterocycles. The number of benzene rings is 7. The Balaban J connectivity index is 1.06. The fraction of sp³-hybridized carbons (Fsp3) is 0.0667. The van der Waals surface area contributed by atoms with Crippen molar-refractivity contribution in [1.82, 2.24) is 20.5 Å². The minimum absolute atomic E-state index is 0.0266. The number of aromatic nitrogens is 1. The lowest BCUT2D eigenvalue weighted by molar-refractivity contribution is 0.203. The molecule has 7 aromatic carbocycles. The van der Waals surface area contributed by atoms with E-state index in [-0.39, 0.29) is 18.5 Å². The minimum atomic E-state index is -0.0827. The van der Waals surface area contributed by atoms with Gasteiger partial charge in [-0.15, -0.1) is 0 Å². The molecule has 0 spiro atoms. The highest BCUT2D eigenvalue weighted by atomic mass is 16.3. The molecule has 0 amide bonds. The van der Waals surface area contributed by atoms with Crippen molar-refractivity contribution in [3.05, 3.63) is 187 Å². The number of hydrogen-bond donors (Lipinski definition) is 3. The van der Waals surface area contributed by atoms with Crippen LogP contribution in [0.15, 0.2) is 174 Å². The lowest BCUT2D eigenvalue weighted by Crippen LogP contribution is -2.54. The summed E-state index contributed by atoms with van der Waals surface area (Å²) in [4.78, 5) is 0. The second-order valence-corrected chi connectivity index (χ2v) is 13.1. The maximum Gasteiger partial charge on any atom is 0.137 e. The van der Waals surface area contributed by atoms with Crippen molar-refractivity contribution in [2.75, 3.05) is 0 Å². The van der Waals surface area contributed by atoms with Gasteiger partial charge in [-0.2, -0.15) is 0 Å². The van der Waals surface area contributed by atoms with Crippen LogP contribution in [-0.4, -0.2) is 4.57 Å². The largest absolute Gasteiger partial charge is 0.456 e. The summed E-state index contributed by atoms with van der Waals surface area (Å²) in [5.41, 5.74) is 11.1. The molecule has 240 valence electrons. The number of rotatable bonds is 5. The Morgan fingerprint density at radius 2 is 0.980 bits per heavy atom. The van der Waals surface area contributed by atoms with Gasteiger partial charge in [-0.1, -0.05) is 127 Å². The Hall–Kier alpha value is -5.98. The molecule has 2 aromatic heterocycles. The third kappa shape index (κ3) is 4.83. The molecule has 3 N–H and O–H groups in total. The van der Waals surface area contributed by atoms with E-state index < -0.39 is 0 Å². The van der Waals surface area contributed by atoms with Gasteiger partial charge < -0.3 is 8.98 Å². The van der Waals surface area contributed by atoms with E-state index in [9.17, 15) is 0 Å². The van der Waals surface area contributed by atoms with E-state index in [4.69, 9.17) is 4.42 Å². The van der Waals surface area contributed by atoms with E-state index in [1.165, 1.54) is 38.5 Å². The number of para-hydroxylation sites is 2. The molecular weight excluding hydrogens is 613 g/mol. The number of fused-ring (bicyclic) bond motifs is 6. The van der Waals surface area contributed by atoms with E-state index in [0.717, 1.165) is 38.8 Å². The maximum absolute atomic E-state index is 6.60. The standard InChI is InChI=1S/C45H34N4O/c1-3-13-29(14-4-1)43-46-44(30-15-5-2-6-16-30)48-45(47-43)32-18-11-17-31(27-32)34-21-12-24-40-42(34)37-26-25-33(28-41(37)50-40)49-38-22-9-7-19-35(38)36-20-8-10-23-39(36)49/h1-28,43-48H. The SMILES string of the molecule is c1ccc(C2NC(c3ccccc3)NC(c3cccc(-c4cccc5oc6cc(-n7c8ccccc8c8ccccc87)ccc6c45)c3)N2)cc1. The second-order valence-electron chi connectivity index (χ2n) is 13.1. The van der Waals surface area contributed by atoms with E-state index in [1.54, 1.807) is 0 Å². The van der Waals surface area contributed by atoms with E-state index >= 15 is 0 Å². The number of furan rings is 1. The van der Waals surface area contributed by atoms with Crippen LogP contribution in [0.4, 0.5) is 0 Å². The molecule has 2 unspecified atom stereocenters. The van der Waals surface area contributed by atoms with Crippen LogP contribution in [-0.2, 0) is 0 Å². The molecule has 3 heterocycles. The van der Waals surface area contributed by atoms with Crippen LogP contribution in [0.3, 0.4) is 0 Å². The Kier molecular flexibility index (Phi) is 6.88. The van der Waals surface area contributed by atoms with E-state index in [1.807, 2.05) is 0 Å². The van der Waals surface area contributed by atoms with Gasteiger partial charge in [0, 0.05) is 33.3 Å². The number of nitrogens with zero attached hydrogens (tertiary/aromatic N) is 1. The molecule has 1 aliphatic heterocycles. The van der Waals surface area contributed by atoms with Crippen molar-refractivity contribution in [1.29, 1.82) is 0 Å². The summed E-state index contributed by atoms with van der Waals surface area (Å²) in [6.07, 6.45) is -0.136. The molecule has 10 rings (SSSR count). The third-order valence-electron chi connectivity index (χ3n) is 10.1. The average Bonchev–Trinajstić information content (AvgIpc) is 3.74. The van der Waals surface area contributed by atoms with Crippen LogP contribution in [0.5, 0.6) is 0 Å². The lowest BCUT2D eigenvalue weighted by atomic mass is 9.96. The van der Waals surface area contributed by atoms with Gasteiger partial charge in [-0.25, -0.2) is 0 Å². The first-order valence-corrected chi connectivity index (χ1v) is 17.2. The molecule has 0 saturated carbocycles. The van der Waals surface area contributed by atoms with Crippen molar-refractivity contribution in [2.24, 2.45) is 0 Å². The quantitative estimate of drug-likeness (QED) is 0.174. The topological polar surface area (TPSA) is 54.2 Å². The number of nitrogens with one attached hydrogen (secondary N) is 3. The molecule has 2 atom stereocenters. The number of hydrogen-bond acceptors (Lipinski definition) is 4. The Morgan fingerprint density at radius 3 is 1.64 bits per heavy atom. The molecule has 1 aliphatic rings. The van der Waals surface area contributed by atoms with Crippen LogP contribution >= 0.6 is 0 Å². The third-order valence-corrected chi connectivity index (χ3v) is 10.1. The monoisotopic (exact) mass is 646 g/mol. The Bertz CT molecular complexity index is 2560. The van der Waals surface area contributed by atoms with Gasteiger partial charge in [0.25, 0.3) is 0 Å². The molecular formula is C45H34N4O. The maximum atomic E-state index is 6.60. The van der Waals surface area contributed by atoms with E-state index in [0.29, 0.717) is 0 Å². The van der Waals surface area contributed by atoms with Gasteiger partial charge >= 0.3 is 0 Å². The molecule has 5 heteroatoms. The second kappa shape index (κ2) is 11.9. The predicted molar refractivity (Wildman–Crippen MR) is 204 cm³/mol. The molecule has 50 heavy (non-hydrogen) atoms. The van der Waals surface area contributed by atoms with Gasteiger partial charge in [0.1, 0.15) is 11.2 Å². The van der Waals surface area contributed by atoms with Crippen LogP contribution in [0.25, 0.3) is 60.6 Å². The molecule has 0 bridgehead atoms. The molecule has 0 radical (unpaired) electrons. The summed E-state index contributed by atoms with van der Waals surface area (Å²) < 4.78 is 8.94. The summed E-state index contributed by atoms with van der Waals surface area (Å²) in [6, 6.07) is 60.3. The first kappa shape index (κ1) is 29.0. The van der Waals surface area contributed by atoms with Gasteiger partial charge in [-0.3, -0.25) is 16.0 Å². The summed E-state index contributed by atoms with van der Waals surface area (Å²) in [7, 11) is 0. The molecule has 5 nitrogen and oxygen atoms in total. The van der Waals surface area contributed by atoms with Crippen LogP contribution in [0.1, 0.15) is 35.2 Å². The van der Waals surface area contributed by atoms with Gasteiger partial charge in [0.2, 0.25) is 0 Å². The van der Waals surface area contributed by atoms with Gasteiger partial charge in [0.05, 0.1) is 29.5 Å². The highest BCUT2D eigenvalue weighted by molar-refractivity contribution is 6.13. The molecule has 0 aliphatic carbocycles. The zero-order valence-electron chi connectivity index (χ0n) is 27.3. The predicted octanol–water partition coefficient (Wildman–Crippen LogP) is 10.5. The van der Waals surface area contributed by atoms with Crippen molar-refractivity contribution in [3.63, 3.8) is 0 Å². The van der Waals surface area contributed by atoms with E-state index in [2.05, 4.69) is 190 Å². The van der Waals surface area contributed by atoms with Gasteiger partial charge in [0.15, 0.2) is 0 Å². The average molecular weight is 647 g/mol. The van der Waals surface area contributed by atoms with Crippen molar-refractivity contribution in [3.8, 4) is 16.8 Å². The smallest absolute Gasteiger partial charge is 0.137 e. The Labute approximate surface area is 289 Å². The summed E-state index contributed by atoms with van der Waals surface area (Å²) in [5.74, 6) is 0. The minimum Gasteiger partial charge on any atom is -0.456 e. The van der Waals surface area contributed by atoms with Crippen molar-refractivity contribution in [2.45, 2.75) is 18.5 Å². The van der Waals surface area contributed by atoms with Crippen molar-refractivity contribution < 1.29 is 4.42 Å². The first-order chi connectivity index (χ1) is 24.8. The van der Waals surface area contributed by atoms with Crippen LogP contribution < -0.4 is 16.0 Å². The summed E-state index contributed by atoms with van der Waals surface area (Å²) >= 11 is 0. The van der Waals surface area contributed by atoms with Crippen LogP contribution in [0, 0.1) is 0 Å². The van der Waals surface area contributed by atoms with Crippen LogP contribution in [0.2, 0.25) is 0 Å². The van der Waals surface area contributed by atoms with Crippen molar-refractivity contribution >= 4 is 43.7 Å².